The van der Waals surface area contributed by atoms with E-state index in [1.165, 1.54) is 0 Å². The van der Waals surface area contributed by atoms with Crippen molar-refractivity contribution in [2.75, 3.05) is 13.7 Å². The molecule has 1 aromatic rings. The fourth-order valence-electron chi connectivity index (χ4n) is 1.36. The Balaban J connectivity index is 2.85. The zero-order valence-electron chi connectivity index (χ0n) is 8.29. The highest BCUT2D eigenvalue weighted by atomic mass is 16.5. The third-order valence-corrected chi connectivity index (χ3v) is 1.95. The first-order chi connectivity index (χ1) is 6.33. The third-order valence-electron chi connectivity index (χ3n) is 1.95. The van der Waals surface area contributed by atoms with Crippen molar-refractivity contribution in [3.8, 4) is 5.75 Å². The van der Waals surface area contributed by atoms with E-state index in [2.05, 4.69) is 12.0 Å². The van der Waals surface area contributed by atoms with E-state index in [4.69, 9.17) is 10.5 Å². The molecular formula is C9H17N3O. The van der Waals surface area contributed by atoms with Crippen molar-refractivity contribution >= 4 is 0 Å². The lowest BCUT2D eigenvalue weighted by Crippen LogP contribution is -2.10. The number of aromatic nitrogens is 2. The molecule has 0 saturated carbocycles. The van der Waals surface area contributed by atoms with E-state index < -0.39 is 0 Å². The zero-order chi connectivity index (χ0) is 9.68. The minimum Gasteiger partial charge on any atom is -0.493 e. The van der Waals surface area contributed by atoms with Crippen LogP contribution in [0.15, 0.2) is 6.20 Å². The van der Waals surface area contributed by atoms with Crippen LogP contribution in [0.5, 0.6) is 5.75 Å². The molecule has 0 aliphatic heterocycles. The van der Waals surface area contributed by atoms with Gasteiger partial charge in [0.15, 0.2) is 5.75 Å². The minimum absolute atomic E-state index is 0.631. The molecule has 0 atom stereocenters. The summed E-state index contributed by atoms with van der Waals surface area (Å²) in [6.07, 6.45) is 3.65. The Bertz CT molecular complexity index is 257. The summed E-state index contributed by atoms with van der Waals surface area (Å²) in [5.74, 6) is 0.846. The number of nitrogens with zero attached hydrogens (tertiary/aromatic N) is 2. The molecular weight excluding hydrogens is 166 g/mol. The van der Waals surface area contributed by atoms with Crippen LogP contribution >= 0.6 is 0 Å². The highest BCUT2D eigenvalue weighted by Crippen LogP contribution is 2.17. The normalized spacial score (nSPS) is 10.4. The van der Waals surface area contributed by atoms with Gasteiger partial charge in [0.05, 0.1) is 19.0 Å². The standard InChI is InChI=1S/C9H17N3O/c1-3-6-12-8(4-5-10)9(13-2)7-11-12/h7H,3-6,10H2,1-2H3. The van der Waals surface area contributed by atoms with Gasteiger partial charge in [0.1, 0.15) is 0 Å². The van der Waals surface area contributed by atoms with E-state index >= 15 is 0 Å². The second-order valence-electron chi connectivity index (χ2n) is 2.92. The topological polar surface area (TPSA) is 53.1 Å². The lowest BCUT2D eigenvalue weighted by molar-refractivity contribution is 0.406. The summed E-state index contributed by atoms with van der Waals surface area (Å²) in [4.78, 5) is 0. The first-order valence-corrected chi connectivity index (χ1v) is 4.62. The predicted molar refractivity (Wildman–Crippen MR) is 51.8 cm³/mol. The van der Waals surface area contributed by atoms with E-state index in [0.29, 0.717) is 6.54 Å². The maximum absolute atomic E-state index is 5.51. The highest BCUT2D eigenvalue weighted by molar-refractivity contribution is 5.25. The molecule has 4 heteroatoms. The number of hydrogen-bond donors (Lipinski definition) is 1. The van der Waals surface area contributed by atoms with Crippen LogP contribution < -0.4 is 10.5 Å². The number of nitrogens with two attached hydrogens (primary N) is 1. The molecule has 1 aromatic heterocycles. The van der Waals surface area contributed by atoms with Gasteiger partial charge in [-0.25, -0.2) is 0 Å². The monoisotopic (exact) mass is 183 g/mol. The molecule has 0 aliphatic rings. The minimum atomic E-state index is 0.631. The van der Waals surface area contributed by atoms with E-state index in [0.717, 1.165) is 30.8 Å². The third kappa shape index (κ3) is 2.21. The summed E-state index contributed by atoms with van der Waals surface area (Å²) in [5, 5.41) is 4.23. The lowest BCUT2D eigenvalue weighted by atomic mass is 10.3. The summed E-state index contributed by atoms with van der Waals surface area (Å²) < 4.78 is 7.15. The molecule has 74 valence electrons. The van der Waals surface area contributed by atoms with Crippen LogP contribution in [0.25, 0.3) is 0 Å². The maximum Gasteiger partial charge on any atom is 0.159 e. The number of hydrogen-bond acceptors (Lipinski definition) is 3. The molecule has 1 rings (SSSR count). The van der Waals surface area contributed by atoms with Crippen molar-refractivity contribution in [3.63, 3.8) is 0 Å². The van der Waals surface area contributed by atoms with Gasteiger partial charge in [-0.3, -0.25) is 4.68 Å². The van der Waals surface area contributed by atoms with E-state index in [1.807, 2.05) is 4.68 Å². The zero-order valence-corrected chi connectivity index (χ0v) is 8.29. The number of aryl methyl sites for hydroxylation is 1. The van der Waals surface area contributed by atoms with Gasteiger partial charge in [-0.1, -0.05) is 6.92 Å². The number of ether oxygens (including phenoxy) is 1. The molecule has 0 aliphatic carbocycles. The maximum atomic E-state index is 5.51. The quantitative estimate of drug-likeness (QED) is 0.734. The van der Waals surface area contributed by atoms with Gasteiger partial charge in [-0.2, -0.15) is 5.10 Å². The molecule has 1 heterocycles. The van der Waals surface area contributed by atoms with Crippen molar-refractivity contribution in [2.24, 2.45) is 5.73 Å². The second-order valence-corrected chi connectivity index (χ2v) is 2.92. The van der Waals surface area contributed by atoms with E-state index in [1.54, 1.807) is 13.3 Å². The van der Waals surface area contributed by atoms with Crippen LogP contribution in [0.2, 0.25) is 0 Å². The van der Waals surface area contributed by atoms with Gasteiger partial charge in [0, 0.05) is 13.0 Å². The van der Waals surface area contributed by atoms with Crippen molar-refractivity contribution < 1.29 is 4.74 Å². The second kappa shape index (κ2) is 4.87. The van der Waals surface area contributed by atoms with Crippen LogP contribution in [0.4, 0.5) is 0 Å². The van der Waals surface area contributed by atoms with Crippen molar-refractivity contribution in [1.82, 2.24) is 9.78 Å². The average molecular weight is 183 g/mol. The van der Waals surface area contributed by atoms with Crippen LogP contribution in [-0.2, 0) is 13.0 Å². The predicted octanol–water partition coefficient (Wildman–Crippen LogP) is 0.803. The smallest absolute Gasteiger partial charge is 0.159 e. The van der Waals surface area contributed by atoms with Crippen molar-refractivity contribution in [3.05, 3.63) is 11.9 Å². The summed E-state index contributed by atoms with van der Waals surface area (Å²) >= 11 is 0. The summed E-state index contributed by atoms with van der Waals surface area (Å²) in [6.45, 7) is 3.69. The Labute approximate surface area is 78.7 Å². The molecule has 0 unspecified atom stereocenters. The Morgan fingerprint density at radius 3 is 2.92 bits per heavy atom. The van der Waals surface area contributed by atoms with Gasteiger partial charge < -0.3 is 10.5 Å². The first-order valence-electron chi connectivity index (χ1n) is 4.62. The molecule has 0 aromatic carbocycles. The molecule has 0 fully saturated rings. The Morgan fingerprint density at radius 1 is 1.62 bits per heavy atom. The number of rotatable bonds is 5. The highest BCUT2D eigenvalue weighted by Gasteiger charge is 2.08. The first kappa shape index (κ1) is 10.1. The van der Waals surface area contributed by atoms with Gasteiger partial charge in [-0.15, -0.1) is 0 Å². The SMILES string of the molecule is CCCn1ncc(OC)c1CCN. The molecule has 0 radical (unpaired) electrons. The van der Waals surface area contributed by atoms with Crippen molar-refractivity contribution in [2.45, 2.75) is 26.3 Å². The molecule has 2 N–H and O–H groups in total. The Kier molecular flexibility index (Phi) is 3.76. The largest absolute Gasteiger partial charge is 0.493 e. The molecule has 4 nitrogen and oxygen atoms in total. The van der Waals surface area contributed by atoms with E-state index in [-0.39, 0.29) is 0 Å². The molecule has 0 spiro atoms. The van der Waals surface area contributed by atoms with Crippen molar-refractivity contribution in [1.29, 1.82) is 0 Å². The van der Waals surface area contributed by atoms with Crippen LogP contribution in [0.3, 0.4) is 0 Å². The van der Waals surface area contributed by atoms with E-state index in [9.17, 15) is 0 Å². The molecule has 0 saturated heterocycles. The fraction of sp³-hybridized carbons (Fsp3) is 0.667. The fourth-order valence-corrected chi connectivity index (χ4v) is 1.36. The summed E-state index contributed by atoms with van der Waals surface area (Å²) in [7, 11) is 1.66. The van der Waals surface area contributed by atoms with Gasteiger partial charge in [0.25, 0.3) is 0 Å². The van der Waals surface area contributed by atoms with Crippen LogP contribution in [-0.4, -0.2) is 23.4 Å². The number of methoxy groups -OCH3 is 1. The molecule has 13 heavy (non-hydrogen) atoms. The lowest BCUT2D eigenvalue weighted by Gasteiger charge is -2.06. The van der Waals surface area contributed by atoms with Gasteiger partial charge >= 0.3 is 0 Å². The van der Waals surface area contributed by atoms with Crippen LogP contribution in [0.1, 0.15) is 19.0 Å². The Morgan fingerprint density at radius 2 is 2.38 bits per heavy atom. The Hall–Kier alpha value is -1.03. The van der Waals surface area contributed by atoms with Gasteiger partial charge in [-0.05, 0) is 13.0 Å². The summed E-state index contributed by atoms with van der Waals surface area (Å²) in [5.41, 5.74) is 6.62. The average Bonchev–Trinajstić information content (AvgIpc) is 2.50. The molecule has 0 bridgehead atoms. The summed E-state index contributed by atoms with van der Waals surface area (Å²) in [6, 6.07) is 0. The van der Waals surface area contributed by atoms with Crippen LogP contribution in [0, 0.1) is 0 Å². The molecule has 0 amide bonds. The van der Waals surface area contributed by atoms with Gasteiger partial charge in [0.2, 0.25) is 0 Å².